The van der Waals surface area contributed by atoms with Gasteiger partial charge in [-0.25, -0.2) is 4.39 Å². The molecule has 0 aromatic heterocycles. The summed E-state index contributed by atoms with van der Waals surface area (Å²) in [6, 6.07) is 6.86. The fourth-order valence-corrected chi connectivity index (χ4v) is 1.85. The second-order valence-corrected chi connectivity index (χ2v) is 4.83. The third-order valence-electron chi connectivity index (χ3n) is 2.95. The highest BCUT2D eigenvalue weighted by atomic mass is 19.1. The van der Waals surface area contributed by atoms with E-state index >= 15 is 0 Å². The molecule has 0 aliphatic heterocycles. The van der Waals surface area contributed by atoms with E-state index in [4.69, 9.17) is 4.74 Å². The molecule has 1 atom stereocenters. The second-order valence-electron chi connectivity index (χ2n) is 4.83. The van der Waals surface area contributed by atoms with Crippen LogP contribution in [0.15, 0.2) is 24.3 Å². The van der Waals surface area contributed by atoms with Crippen LogP contribution in [0, 0.1) is 5.82 Å². The van der Waals surface area contributed by atoms with E-state index in [-0.39, 0.29) is 17.5 Å². The minimum absolute atomic E-state index is 0.116. The van der Waals surface area contributed by atoms with Gasteiger partial charge in [-0.15, -0.1) is 0 Å². The molecule has 0 bridgehead atoms. The summed E-state index contributed by atoms with van der Waals surface area (Å²) in [5.74, 6) is -0.194. The van der Waals surface area contributed by atoms with Crippen molar-refractivity contribution in [3.8, 4) is 0 Å². The largest absolute Gasteiger partial charge is 0.379 e. The zero-order chi connectivity index (χ0) is 12.9. The standard InChI is InChI=1S/C14H22FNO/c1-5-16-13(10-14(2,3)17-4)11-7-6-8-12(15)9-11/h6-9,13,16H,5,10H2,1-4H3. The van der Waals surface area contributed by atoms with Crippen molar-refractivity contribution in [2.24, 2.45) is 0 Å². The van der Waals surface area contributed by atoms with E-state index in [1.54, 1.807) is 19.2 Å². The van der Waals surface area contributed by atoms with Gasteiger partial charge in [-0.3, -0.25) is 0 Å². The molecule has 0 aliphatic carbocycles. The first kappa shape index (κ1) is 14.1. The number of benzene rings is 1. The summed E-state index contributed by atoms with van der Waals surface area (Å²) >= 11 is 0. The van der Waals surface area contributed by atoms with E-state index in [1.165, 1.54) is 6.07 Å². The summed E-state index contributed by atoms with van der Waals surface area (Å²) in [7, 11) is 1.70. The van der Waals surface area contributed by atoms with Crippen molar-refractivity contribution >= 4 is 0 Å². The molecule has 1 rings (SSSR count). The lowest BCUT2D eigenvalue weighted by Gasteiger charge is -2.29. The monoisotopic (exact) mass is 239 g/mol. The molecule has 0 fully saturated rings. The Morgan fingerprint density at radius 2 is 2.12 bits per heavy atom. The van der Waals surface area contributed by atoms with Gasteiger partial charge < -0.3 is 10.1 Å². The topological polar surface area (TPSA) is 21.3 Å². The Kier molecular flexibility index (Phi) is 5.09. The van der Waals surface area contributed by atoms with Crippen molar-refractivity contribution in [1.29, 1.82) is 0 Å². The molecule has 1 N–H and O–H groups in total. The zero-order valence-corrected chi connectivity index (χ0v) is 11.1. The highest BCUT2D eigenvalue weighted by Crippen LogP contribution is 2.26. The molecule has 3 heteroatoms. The molecular formula is C14H22FNO. The average Bonchev–Trinajstić information content (AvgIpc) is 2.28. The molecular weight excluding hydrogens is 217 g/mol. The molecule has 96 valence electrons. The van der Waals surface area contributed by atoms with Crippen LogP contribution in [-0.4, -0.2) is 19.3 Å². The van der Waals surface area contributed by atoms with E-state index in [0.29, 0.717) is 0 Å². The Morgan fingerprint density at radius 1 is 1.41 bits per heavy atom. The van der Waals surface area contributed by atoms with Gasteiger partial charge in [0.1, 0.15) is 5.82 Å². The van der Waals surface area contributed by atoms with Crippen molar-refractivity contribution < 1.29 is 9.13 Å². The van der Waals surface area contributed by atoms with Crippen molar-refractivity contribution in [2.45, 2.75) is 38.8 Å². The van der Waals surface area contributed by atoms with Gasteiger partial charge in [0.25, 0.3) is 0 Å². The van der Waals surface area contributed by atoms with Crippen LogP contribution in [0.2, 0.25) is 0 Å². The number of ether oxygens (including phenoxy) is 1. The smallest absolute Gasteiger partial charge is 0.123 e. The summed E-state index contributed by atoms with van der Waals surface area (Å²) in [6.45, 7) is 6.97. The second kappa shape index (κ2) is 6.12. The molecule has 0 amide bonds. The predicted molar refractivity (Wildman–Crippen MR) is 68.5 cm³/mol. The summed E-state index contributed by atoms with van der Waals surface area (Å²) in [5.41, 5.74) is 0.746. The van der Waals surface area contributed by atoms with Crippen LogP contribution in [0.3, 0.4) is 0 Å². The Morgan fingerprint density at radius 3 is 2.65 bits per heavy atom. The Hall–Kier alpha value is -0.930. The first-order valence-corrected chi connectivity index (χ1v) is 6.02. The summed E-state index contributed by atoms with van der Waals surface area (Å²) in [4.78, 5) is 0. The van der Waals surface area contributed by atoms with Crippen LogP contribution in [0.5, 0.6) is 0 Å². The average molecular weight is 239 g/mol. The van der Waals surface area contributed by atoms with Gasteiger partial charge in [0, 0.05) is 13.2 Å². The minimum atomic E-state index is -0.223. The molecule has 2 nitrogen and oxygen atoms in total. The molecule has 1 unspecified atom stereocenters. The first-order chi connectivity index (χ1) is 7.98. The van der Waals surface area contributed by atoms with Crippen LogP contribution in [0.25, 0.3) is 0 Å². The minimum Gasteiger partial charge on any atom is -0.379 e. The van der Waals surface area contributed by atoms with Gasteiger partial charge in [-0.1, -0.05) is 19.1 Å². The lowest BCUT2D eigenvalue weighted by Crippen LogP contribution is -2.32. The summed E-state index contributed by atoms with van der Waals surface area (Å²) in [6.07, 6.45) is 0.806. The molecule has 0 heterocycles. The van der Waals surface area contributed by atoms with E-state index in [9.17, 15) is 4.39 Å². The predicted octanol–water partition coefficient (Wildman–Crippen LogP) is 3.29. The lowest BCUT2D eigenvalue weighted by atomic mass is 9.93. The third kappa shape index (κ3) is 4.44. The van der Waals surface area contributed by atoms with E-state index in [1.807, 2.05) is 26.8 Å². The van der Waals surface area contributed by atoms with Gasteiger partial charge in [-0.05, 0) is 44.5 Å². The molecule has 17 heavy (non-hydrogen) atoms. The Bertz CT molecular complexity index is 352. The van der Waals surface area contributed by atoms with E-state index in [2.05, 4.69) is 5.32 Å². The number of halogens is 1. The highest BCUT2D eigenvalue weighted by Gasteiger charge is 2.23. The molecule has 0 saturated carbocycles. The van der Waals surface area contributed by atoms with E-state index in [0.717, 1.165) is 18.5 Å². The molecule has 1 aromatic rings. The number of hydrogen-bond donors (Lipinski definition) is 1. The summed E-state index contributed by atoms with van der Waals surface area (Å²) < 4.78 is 18.7. The number of nitrogens with one attached hydrogen (secondary N) is 1. The van der Waals surface area contributed by atoms with Crippen LogP contribution in [-0.2, 0) is 4.74 Å². The van der Waals surface area contributed by atoms with Crippen molar-refractivity contribution in [2.75, 3.05) is 13.7 Å². The van der Waals surface area contributed by atoms with Crippen LogP contribution < -0.4 is 5.32 Å². The van der Waals surface area contributed by atoms with E-state index < -0.39 is 0 Å². The maximum Gasteiger partial charge on any atom is 0.123 e. The first-order valence-electron chi connectivity index (χ1n) is 6.02. The van der Waals surface area contributed by atoms with Gasteiger partial charge in [0.05, 0.1) is 5.60 Å². The lowest BCUT2D eigenvalue weighted by molar-refractivity contribution is 0.00695. The van der Waals surface area contributed by atoms with Crippen molar-refractivity contribution in [3.05, 3.63) is 35.6 Å². The quantitative estimate of drug-likeness (QED) is 0.822. The number of hydrogen-bond acceptors (Lipinski definition) is 2. The maximum atomic E-state index is 13.2. The Balaban J connectivity index is 2.85. The van der Waals surface area contributed by atoms with Crippen LogP contribution >= 0.6 is 0 Å². The molecule has 0 radical (unpaired) electrons. The normalized spacial score (nSPS) is 13.7. The van der Waals surface area contributed by atoms with Gasteiger partial charge in [0.2, 0.25) is 0 Å². The van der Waals surface area contributed by atoms with Crippen molar-refractivity contribution in [1.82, 2.24) is 5.32 Å². The van der Waals surface area contributed by atoms with Gasteiger partial charge in [0.15, 0.2) is 0 Å². The fourth-order valence-electron chi connectivity index (χ4n) is 1.85. The van der Waals surface area contributed by atoms with Gasteiger partial charge >= 0.3 is 0 Å². The Labute approximate surface area is 103 Å². The van der Waals surface area contributed by atoms with Crippen LogP contribution in [0.4, 0.5) is 4.39 Å². The molecule has 0 aliphatic rings. The zero-order valence-electron chi connectivity index (χ0n) is 11.1. The number of methoxy groups -OCH3 is 1. The highest BCUT2D eigenvalue weighted by molar-refractivity contribution is 5.20. The molecule has 1 aromatic carbocycles. The summed E-state index contributed by atoms with van der Waals surface area (Å²) in [5, 5.41) is 3.37. The molecule has 0 saturated heterocycles. The number of rotatable bonds is 6. The van der Waals surface area contributed by atoms with Crippen molar-refractivity contribution in [3.63, 3.8) is 0 Å². The van der Waals surface area contributed by atoms with Crippen LogP contribution in [0.1, 0.15) is 38.8 Å². The maximum absolute atomic E-state index is 13.2. The fraction of sp³-hybridized carbons (Fsp3) is 0.571. The SMILES string of the molecule is CCNC(CC(C)(C)OC)c1cccc(F)c1. The third-order valence-corrected chi connectivity index (χ3v) is 2.95. The molecule has 0 spiro atoms. The van der Waals surface area contributed by atoms with Gasteiger partial charge in [-0.2, -0.15) is 0 Å².